The molecule has 8 heteroatoms. The van der Waals surface area contributed by atoms with E-state index < -0.39 is 12.1 Å². The molecule has 0 spiro atoms. The Morgan fingerprint density at radius 2 is 1.68 bits per heavy atom. The van der Waals surface area contributed by atoms with E-state index in [1.54, 1.807) is 12.1 Å². The Bertz CT molecular complexity index is 415. The van der Waals surface area contributed by atoms with Gasteiger partial charge in [-0.2, -0.15) is 13.2 Å². The Morgan fingerprint density at radius 1 is 1.21 bits per heavy atom. The van der Waals surface area contributed by atoms with Crippen LogP contribution in [0.4, 0.5) is 17.6 Å². The minimum Gasteiger partial charge on any atom is -0.475 e. The zero-order chi connectivity index (χ0) is 14.5. The van der Waals surface area contributed by atoms with E-state index in [2.05, 4.69) is 0 Å². The number of hydrogen-bond acceptors (Lipinski definition) is 3. The SMILES string of the molecule is Fc1ccc(ON2CCC2)cc1.O=C(O)C(F)(F)F. The minimum absolute atomic E-state index is 0.231. The van der Waals surface area contributed by atoms with Crippen molar-refractivity contribution >= 4 is 5.97 Å². The fraction of sp³-hybridized carbons (Fsp3) is 0.364. The molecule has 0 aliphatic carbocycles. The lowest BCUT2D eigenvalue weighted by molar-refractivity contribution is -0.192. The molecule has 0 bridgehead atoms. The molecule has 1 N–H and O–H groups in total. The molecule has 0 aromatic heterocycles. The molecule has 1 aliphatic rings. The lowest BCUT2D eigenvalue weighted by Gasteiger charge is -2.29. The predicted octanol–water partition coefficient (Wildman–Crippen LogP) is 2.46. The Kier molecular flexibility index (Phi) is 5.11. The highest BCUT2D eigenvalue weighted by Crippen LogP contribution is 2.15. The number of aliphatic carboxylic acids is 1. The summed E-state index contributed by atoms with van der Waals surface area (Å²) < 4.78 is 44.2. The first-order valence-electron chi connectivity index (χ1n) is 5.27. The van der Waals surface area contributed by atoms with E-state index in [-0.39, 0.29) is 5.82 Å². The van der Waals surface area contributed by atoms with Gasteiger partial charge in [-0.3, -0.25) is 0 Å². The summed E-state index contributed by atoms with van der Waals surface area (Å²) in [5, 5.41) is 8.98. The summed E-state index contributed by atoms with van der Waals surface area (Å²) in [6, 6.07) is 6.06. The third kappa shape index (κ3) is 5.56. The van der Waals surface area contributed by atoms with E-state index in [0.717, 1.165) is 13.1 Å². The van der Waals surface area contributed by atoms with Crippen molar-refractivity contribution in [2.24, 2.45) is 0 Å². The van der Waals surface area contributed by atoms with Gasteiger partial charge >= 0.3 is 12.1 Å². The number of alkyl halides is 3. The number of benzene rings is 1. The Morgan fingerprint density at radius 3 is 2.00 bits per heavy atom. The highest BCUT2D eigenvalue weighted by atomic mass is 19.4. The lowest BCUT2D eigenvalue weighted by Crippen LogP contribution is -2.39. The Labute approximate surface area is 106 Å². The van der Waals surface area contributed by atoms with Crippen LogP contribution in [0.1, 0.15) is 6.42 Å². The summed E-state index contributed by atoms with van der Waals surface area (Å²) in [5.74, 6) is -2.28. The van der Waals surface area contributed by atoms with Gasteiger partial charge in [0.2, 0.25) is 0 Å². The number of hydroxylamine groups is 2. The summed E-state index contributed by atoms with van der Waals surface area (Å²) in [4.78, 5) is 14.3. The molecule has 0 atom stereocenters. The van der Waals surface area contributed by atoms with Gasteiger partial charge in [0.1, 0.15) is 11.6 Å². The van der Waals surface area contributed by atoms with Crippen molar-refractivity contribution in [2.75, 3.05) is 13.1 Å². The summed E-state index contributed by atoms with van der Waals surface area (Å²) in [6.45, 7) is 1.94. The van der Waals surface area contributed by atoms with Crippen molar-refractivity contribution in [1.82, 2.24) is 5.06 Å². The molecular formula is C11H11F4NO3. The number of carbonyl (C=O) groups is 1. The normalized spacial score (nSPS) is 14.9. The van der Waals surface area contributed by atoms with Crippen LogP contribution in [0, 0.1) is 5.82 Å². The van der Waals surface area contributed by atoms with Crippen LogP contribution in [0.5, 0.6) is 5.75 Å². The van der Waals surface area contributed by atoms with Crippen molar-refractivity contribution in [3.05, 3.63) is 30.1 Å². The van der Waals surface area contributed by atoms with Gasteiger partial charge in [-0.1, -0.05) is 0 Å². The molecule has 2 rings (SSSR count). The van der Waals surface area contributed by atoms with Crippen molar-refractivity contribution in [2.45, 2.75) is 12.6 Å². The molecule has 0 radical (unpaired) electrons. The minimum atomic E-state index is -5.08. The average Bonchev–Trinajstić information content (AvgIpc) is 2.25. The molecule has 0 saturated carbocycles. The van der Waals surface area contributed by atoms with E-state index in [0.29, 0.717) is 5.75 Å². The Balaban J connectivity index is 0.000000224. The third-order valence-corrected chi connectivity index (χ3v) is 2.11. The van der Waals surface area contributed by atoms with Gasteiger partial charge < -0.3 is 9.94 Å². The van der Waals surface area contributed by atoms with E-state index in [1.807, 2.05) is 5.06 Å². The van der Waals surface area contributed by atoms with Gasteiger partial charge in [0.25, 0.3) is 0 Å². The van der Waals surface area contributed by atoms with E-state index in [4.69, 9.17) is 14.7 Å². The number of rotatable bonds is 2. The number of hydrogen-bond donors (Lipinski definition) is 1. The number of nitrogens with zero attached hydrogens (tertiary/aromatic N) is 1. The first kappa shape index (κ1) is 15.2. The molecule has 1 saturated heterocycles. The van der Waals surface area contributed by atoms with Crippen molar-refractivity contribution in [1.29, 1.82) is 0 Å². The molecule has 19 heavy (non-hydrogen) atoms. The highest BCUT2D eigenvalue weighted by Gasteiger charge is 2.38. The van der Waals surface area contributed by atoms with Crippen LogP contribution in [-0.2, 0) is 4.79 Å². The summed E-state index contributed by atoms with van der Waals surface area (Å²) in [6.07, 6.45) is -3.90. The molecule has 1 fully saturated rings. The molecular weight excluding hydrogens is 270 g/mol. The third-order valence-electron chi connectivity index (χ3n) is 2.11. The fourth-order valence-corrected chi connectivity index (χ4v) is 1.02. The molecule has 0 amide bonds. The zero-order valence-electron chi connectivity index (χ0n) is 9.65. The molecule has 1 heterocycles. The topological polar surface area (TPSA) is 49.8 Å². The van der Waals surface area contributed by atoms with Crippen LogP contribution in [-0.4, -0.2) is 35.4 Å². The molecule has 4 nitrogen and oxygen atoms in total. The Hall–Kier alpha value is -1.83. The molecule has 1 aliphatic heterocycles. The van der Waals surface area contributed by atoms with Crippen LogP contribution < -0.4 is 4.84 Å². The quantitative estimate of drug-likeness (QED) is 0.846. The maximum absolute atomic E-state index is 12.5. The zero-order valence-corrected chi connectivity index (χ0v) is 9.65. The summed E-state index contributed by atoms with van der Waals surface area (Å²) >= 11 is 0. The highest BCUT2D eigenvalue weighted by molar-refractivity contribution is 5.73. The van der Waals surface area contributed by atoms with Gasteiger partial charge in [-0.05, 0) is 30.7 Å². The van der Waals surface area contributed by atoms with Crippen LogP contribution in [0.15, 0.2) is 24.3 Å². The average molecular weight is 281 g/mol. The maximum atomic E-state index is 12.5. The van der Waals surface area contributed by atoms with Crippen molar-refractivity contribution < 1.29 is 32.3 Å². The van der Waals surface area contributed by atoms with Gasteiger partial charge in [0.15, 0.2) is 0 Å². The van der Waals surface area contributed by atoms with E-state index >= 15 is 0 Å². The molecule has 106 valence electrons. The monoisotopic (exact) mass is 281 g/mol. The van der Waals surface area contributed by atoms with Crippen LogP contribution in [0.2, 0.25) is 0 Å². The second kappa shape index (κ2) is 6.37. The van der Waals surface area contributed by atoms with Crippen LogP contribution in [0.3, 0.4) is 0 Å². The largest absolute Gasteiger partial charge is 0.490 e. The first-order valence-corrected chi connectivity index (χ1v) is 5.27. The first-order chi connectivity index (χ1) is 8.79. The molecule has 1 aromatic carbocycles. The second-order valence-corrected chi connectivity index (χ2v) is 3.63. The van der Waals surface area contributed by atoms with Gasteiger partial charge in [0, 0.05) is 13.1 Å². The van der Waals surface area contributed by atoms with Crippen molar-refractivity contribution in [3.8, 4) is 5.75 Å². The molecule has 0 unspecified atom stereocenters. The number of carboxylic acid groups (broad SMARTS) is 1. The standard InChI is InChI=1S/C9H10FNO.C2HF3O2/c10-8-2-4-9(5-3-8)12-11-6-1-7-11;3-2(4,5)1(6)7/h2-5H,1,6-7H2;(H,6,7). The smallest absolute Gasteiger partial charge is 0.475 e. The number of halogens is 4. The van der Waals surface area contributed by atoms with Gasteiger partial charge in [-0.15, -0.1) is 5.06 Å². The summed E-state index contributed by atoms with van der Waals surface area (Å²) in [5.41, 5.74) is 0. The maximum Gasteiger partial charge on any atom is 0.490 e. The van der Waals surface area contributed by atoms with Crippen molar-refractivity contribution in [3.63, 3.8) is 0 Å². The van der Waals surface area contributed by atoms with Crippen LogP contribution >= 0.6 is 0 Å². The van der Waals surface area contributed by atoms with Gasteiger partial charge in [0.05, 0.1) is 0 Å². The lowest BCUT2D eigenvalue weighted by atomic mass is 10.3. The van der Waals surface area contributed by atoms with E-state index in [9.17, 15) is 17.6 Å². The predicted molar refractivity (Wildman–Crippen MR) is 56.9 cm³/mol. The number of carboxylic acids is 1. The van der Waals surface area contributed by atoms with E-state index in [1.165, 1.54) is 18.6 Å². The summed E-state index contributed by atoms with van der Waals surface area (Å²) in [7, 11) is 0. The fourth-order valence-electron chi connectivity index (χ4n) is 1.02. The van der Waals surface area contributed by atoms with Crippen LogP contribution in [0.25, 0.3) is 0 Å². The molecule has 1 aromatic rings. The second-order valence-electron chi connectivity index (χ2n) is 3.63. The van der Waals surface area contributed by atoms with Gasteiger partial charge in [-0.25, -0.2) is 9.18 Å².